The molecule has 1 aromatic rings. The Bertz CT molecular complexity index is 455. The van der Waals surface area contributed by atoms with Crippen LogP contribution in [0.5, 0.6) is 0 Å². The van der Waals surface area contributed by atoms with Gasteiger partial charge in [0.2, 0.25) is 0 Å². The smallest absolute Gasteiger partial charge is 0.254 e. The van der Waals surface area contributed by atoms with E-state index in [9.17, 15) is 4.79 Å². The summed E-state index contributed by atoms with van der Waals surface area (Å²) in [5.41, 5.74) is 0.699. The molecule has 1 aromatic heterocycles. The van der Waals surface area contributed by atoms with Crippen LogP contribution in [0.1, 0.15) is 30.1 Å². The fraction of sp³-hybridized carbons (Fsp3) is 0.600. The Morgan fingerprint density at radius 1 is 1.50 bits per heavy atom. The van der Waals surface area contributed by atoms with E-state index in [1.807, 2.05) is 11.9 Å². The summed E-state index contributed by atoms with van der Waals surface area (Å²) in [4.78, 5) is 21.0. The van der Waals surface area contributed by atoms with Crippen LogP contribution in [0.15, 0.2) is 18.3 Å². The van der Waals surface area contributed by atoms with Gasteiger partial charge in [-0.3, -0.25) is 4.79 Å². The van der Waals surface area contributed by atoms with Crippen molar-refractivity contribution in [3.05, 3.63) is 23.9 Å². The second kappa shape index (κ2) is 6.70. The molecule has 1 aliphatic rings. The Hall–Kier alpha value is -1.62. The van der Waals surface area contributed by atoms with Crippen molar-refractivity contribution in [2.75, 3.05) is 39.0 Å². The Kier molecular flexibility index (Phi) is 4.95. The van der Waals surface area contributed by atoms with E-state index in [-0.39, 0.29) is 5.91 Å². The van der Waals surface area contributed by atoms with Crippen molar-refractivity contribution in [2.24, 2.45) is 0 Å². The van der Waals surface area contributed by atoms with Crippen molar-refractivity contribution < 1.29 is 4.79 Å². The van der Waals surface area contributed by atoms with Gasteiger partial charge >= 0.3 is 0 Å². The molecule has 2 heterocycles. The van der Waals surface area contributed by atoms with Crippen LogP contribution >= 0.6 is 0 Å². The van der Waals surface area contributed by atoms with Crippen molar-refractivity contribution in [3.63, 3.8) is 0 Å². The standard InChI is InChI=1S/C15H24N4O/c1-4-19-9-6-13(7-10-19)18(3)15(20)12-5-8-17-14(11-12)16-2/h5,8,11,13H,4,6-7,9-10H2,1-3H3,(H,16,17). The van der Waals surface area contributed by atoms with Crippen LogP contribution < -0.4 is 5.32 Å². The highest BCUT2D eigenvalue weighted by Crippen LogP contribution is 2.18. The van der Waals surface area contributed by atoms with E-state index in [0.717, 1.165) is 38.3 Å². The number of rotatable bonds is 4. The molecule has 0 bridgehead atoms. The molecule has 1 saturated heterocycles. The number of likely N-dealkylation sites (tertiary alicyclic amines) is 1. The zero-order valence-electron chi connectivity index (χ0n) is 12.6. The maximum atomic E-state index is 12.5. The maximum absolute atomic E-state index is 12.5. The lowest BCUT2D eigenvalue weighted by atomic mass is 10.0. The Balaban J connectivity index is 2.01. The zero-order valence-corrected chi connectivity index (χ0v) is 12.6. The van der Waals surface area contributed by atoms with Gasteiger partial charge in [-0.05, 0) is 31.5 Å². The molecule has 5 heteroatoms. The highest BCUT2D eigenvalue weighted by atomic mass is 16.2. The van der Waals surface area contributed by atoms with Crippen LogP contribution in [0.2, 0.25) is 0 Å². The molecule has 5 nitrogen and oxygen atoms in total. The van der Waals surface area contributed by atoms with Crippen LogP contribution in [-0.2, 0) is 0 Å². The van der Waals surface area contributed by atoms with Crippen LogP contribution in [0.3, 0.4) is 0 Å². The van der Waals surface area contributed by atoms with Gasteiger partial charge in [0.05, 0.1) is 0 Å². The van der Waals surface area contributed by atoms with Crippen LogP contribution in [0.25, 0.3) is 0 Å². The molecule has 2 rings (SSSR count). The van der Waals surface area contributed by atoms with Crippen molar-refractivity contribution in [1.82, 2.24) is 14.8 Å². The first-order valence-electron chi connectivity index (χ1n) is 7.29. The normalized spacial score (nSPS) is 16.9. The van der Waals surface area contributed by atoms with Gasteiger partial charge < -0.3 is 15.1 Å². The average Bonchev–Trinajstić information content (AvgIpc) is 2.53. The molecule has 1 amide bonds. The molecule has 20 heavy (non-hydrogen) atoms. The predicted octanol–water partition coefficient (Wildman–Crippen LogP) is 1.68. The minimum Gasteiger partial charge on any atom is -0.373 e. The molecule has 0 aliphatic carbocycles. The lowest BCUT2D eigenvalue weighted by Crippen LogP contribution is -2.45. The van der Waals surface area contributed by atoms with Crippen molar-refractivity contribution >= 4 is 11.7 Å². The van der Waals surface area contributed by atoms with Gasteiger partial charge in [-0.2, -0.15) is 0 Å². The fourth-order valence-electron chi connectivity index (χ4n) is 2.69. The highest BCUT2D eigenvalue weighted by molar-refractivity contribution is 5.94. The molecule has 0 spiro atoms. The number of anilines is 1. The third-order valence-electron chi connectivity index (χ3n) is 4.14. The van der Waals surface area contributed by atoms with Gasteiger partial charge in [-0.25, -0.2) is 4.98 Å². The van der Waals surface area contributed by atoms with E-state index in [1.54, 1.807) is 25.4 Å². The summed E-state index contributed by atoms with van der Waals surface area (Å²) < 4.78 is 0. The topological polar surface area (TPSA) is 48.5 Å². The lowest BCUT2D eigenvalue weighted by molar-refractivity contribution is 0.0647. The molecule has 1 N–H and O–H groups in total. The SMILES string of the molecule is CCN1CCC(N(C)C(=O)c2ccnc(NC)c2)CC1. The molecule has 1 fully saturated rings. The van der Waals surface area contributed by atoms with Gasteiger partial charge in [0, 0.05) is 45.0 Å². The largest absolute Gasteiger partial charge is 0.373 e. The van der Waals surface area contributed by atoms with Crippen LogP contribution in [-0.4, -0.2) is 60.5 Å². The lowest BCUT2D eigenvalue weighted by Gasteiger charge is -2.36. The molecule has 0 aromatic carbocycles. The van der Waals surface area contributed by atoms with E-state index in [0.29, 0.717) is 11.6 Å². The number of hydrogen-bond donors (Lipinski definition) is 1. The van der Waals surface area contributed by atoms with Gasteiger partial charge in [0.15, 0.2) is 0 Å². The van der Waals surface area contributed by atoms with Gasteiger partial charge in [-0.15, -0.1) is 0 Å². The molecular weight excluding hydrogens is 252 g/mol. The number of nitrogens with zero attached hydrogens (tertiary/aromatic N) is 3. The van der Waals surface area contributed by atoms with Crippen molar-refractivity contribution in [3.8, 4) is 0 Å². The highest BCUT2D eigenvalue weighted by Gasteiger charge is 2.25. The van der Waals surface area contributed by atoms with Gasteiger partial charge in [0.1, 0.15) is 5.82 Å². The van der Waals surface area contributed by atoms with Crippen molar-refractivity contribution in [1.29, 1.82) is 0 Å². The number of pyridine rings is 1. The van der Waals surface area contributed by atoms with E-state index >= 15 is 0 Å². The van der Waals surface area contributed by atoms with Crippen LogP contribution in [0.4, 0.5) is 5.82 Å². The van der Waals surface area contributed by atoms with E-state index in [1.165, 1.54) is 0 Å². The van der Waals surface area contributed by atoms with Crippen molar-refractivity contribution in [2.45, 2.75) is 25.8 Å². The summed E-state index contributed by atoms with van der Waals surface area (Å²) in [6.45, 7) is 5.44. The van der Waals surface area contributed by atoms with Crippen LogP contribution in [0, 0.1) is 0 Å². The Morgan fingerprint density at radius 3 is 2.80 bits per heavy atom. The van der Waals surface area contributed by atoms with Gasteiger partial charge in [0.25, 0.3) is 5.91 Å². The number of hydrogen-bond acceptors (Lipinski definition) is 4. The summed E-state index contributed by atoms with van der Waals surface area (Å²) in [6, 6.07) is 3.93. The third-order valence-corrected chi connectivity index (χ3v) is 4.14. The molecule has 1 aliphatic heterocycles. The first kappa shape index (κ1) is 14.8. The average molecular weight is 276 g/mol. The quantitative estimate of drug-likeness (QED) is 0.909. The second-order valence-corrected chi connectivity index (χ2v) is 5.26. The number of carbonyl (C=O) groups is 1. The summed E-state index contributed by atoms with van der Waals surface area (Å²) in [5, 5.41) is 2.97. The van der Waals surface area contributed by atoms with E-state index in [4.69, 9.17) is 0 Å². The minimum atomic E-state index is 0.0823. The predicted molar refractivity (Wildman–Crippen MR) is 81.0 cm³/mol. The molecule has 0 unspecified atom stereocenters. The summed E-state index contributed by atoms with van der Waals surface area (Å²) >= 11 is 0. The number of carbonyl (C=O) groups excluding carboxylic acids is 1. The Labute approximate surface area is 121 Å². The monoisotopic (exact) mass is 276 g/mol. The van der Waals surface area contributed by atoms with Gasteiger partial charge in [-0.1, -0.05) is 6.92 Å². The first-order valence-corrected chi connectivity index (χ1v) is 7.29. The number of piperidine rings is 1. The van der Waals surface area contributed by atoms with E-state index < -0.39 is 0 Å². The molecule has 0 radical (unpaired) electrons. The maximum Gasteiger partial charge on any atom is 0.254 e. The minimum absolute atomic E-state index is 0.0823. The third kappa shape index (κ3) is 3.28. The van der Waals surface area contributed by atoms with E-state index in [2.05, 4.69) is 22.1 Å². The number of amides is 1. The zero-order chi connectivity index (χ0) is 14.5. The number of nitrogens with one attached hydrogen (secondary N) is 1. The molecule has 0 atom stereocenters. The molecule has 0 saturated carbocycles. The Morgan fingerprint density at radius 2 is 2.20 bits per heavy atom. The molecule has 110 valence electrons. The first-order chi connectivity index (χ1) is 9.65. The summed E-state index contributed by atoms with van der Waals surface area (Å²) in [6.07, 6.45) is 3.78. The number of aromatic nitrogens is 1. The molecular formula is C15H24N4O. The summed E-state index contributed by atoms with van der Waals surface area (Å²) in [5.74, 6) is 0.809. The summed E-state index contributed by atoms with van der Waals surface area (Å²) in [7, 11) is 3.72. The fourth-order valence-corrected chi connectivity index (χ4v) is 2.69. The second-order valence-electron chi connectivity index (χ2n) is 5.26.